The average Bonchev–Trinajstić information content (AvgIpc) is 2.77. The van der Waals surface area contributed by atoms with Gasteiger partial charge in [0.25, 0.3) is 5.91 Å². The molecular formula is C25H21ClFNO6. The van der Waals surface area contributed by atoms with Crippen LogP contribution in [0.2, 0.25) is 5.02 Å². The molecule has 3 aliphatic rings. The van der Waals surface area contributed by atoms with Gasteiger partial charge in [-0.05, 0) is 48.9 Å². The molecule has 1 heterocycles. The van der Waals surface area contributed by atoms with E-state index in [2.05, 4.69) is 5.32 Å². The summed E-state index contributed by atoms with van der Waals surface area (Å²) in [4.78, 5) is 37.5. The third-order valence-electron chi connectivity index (χ3n) is 6.55. The summed E-state index contributed by atoms with van der Waals surface area (Å²) in [6.45, 7) is -0.250. The molecule has 0 radical (unpaired) electrons. The Morgan fingerprint density at radius 3 is 2.56 bits per heavy atom. The van der Waals surface area contributed by atoms with Crippen molar-refractivity contribution < 1.29 is 27.9 Å². The standard InChI is InChI=1S/C25H21ClFNO6/c1-32-14-2-4-16-19(29)8-22(34-21(16)7-14)20(30)9-24-11-25(12-24,13-24)28-23(31)10-33-15-3-5-17(26)18(27)6-15/h2-8H,9-13H2,1H3,(H,28,31). The van der Waals surface area contributed by atoms with E-state index in [0.717, 1.165) is 6.07 Å². The lowest BCUT2D eigenvalue weighted by Gasteiger charge is -2.70. The zero-order valence-electron chi connectivity index (χ0n) is 18.3. The Morgan fingerprint density at radius 2 is 1.85 bits per heavy atom. The molecule has 0 unspecified atom stereocenters. The number of hydrogen-bond acceptors (Lipinski definition) is 6. The third-order valence-corrected chi connectivity index (χ3v) is 6.86. The normalized spacial score (nSPS) is 22.4. The molecule has 1 amide bonds. The van der Waals surface area contributed by atoms with Crippen LogP contribution in [0, 0.1) is 11.2 Å². The van der Waals surface area contributed by atoms with E-state index in [1.54, 1.807) is 18.2 Å². The number of Topliss-reactive ketones (excluding diaryl/α,β-unsaturated/α-hetero) is 1. The molecule has 3 aliphatic carbocycles. The number of fused-ring (bicyclic) bond motifs is 1. The SMILES string of the molecule is COc1ccc2c(=O)cc(C(=O)CC34CC(NC(=O)COc5ccc(Cl)c(F)c5)(C3)C4)oc2c1. The average molecular weight is 486 g/mol. The van der Waals surface area contributed by atoms with E-state index in [0.29, 0.717) is 36.0 Å². The van der Waals surface area contributed by atoms with Gasteiger partial charge < -0.3 is 19.2 Å². The highest BCUT2D eigenvalue weighted by atomic mass is 35.5. The van der Waals surface area contributed by atoms with Crippen molar-refractivity contribution in [3.05, 3.63) is 69.3 Å². The number of amides is 1. The molecule has 0 atom stereocenters. The number of carbonyl (C=O) groups excluding carboxylic acids is 2. The Bertz CT molecular complexity index is 1360. The lowest BCUT2D eigenvalue weighted by molar-refractivity contribution is -0.164. The predicted molar refractivity (Wildman–Crippen MR) is 122 cm³/mol. The monoisotopic (exact) mass is 485 g/mol. The van der Waals surface area contributed by atoms with Crippen molar-refractivity contribution in [1.29, 1.82) is 0 Å². The van der Waals surface area contributed by atoms with Crippen molar-refractivity contribution >= 4 is 34.3 Å². The van der Waals surface area contributed by atoms with Gasteiger partial charge in [-0.15, -0.1) is 0 Å². The maximum atomic E-state index is 13.5. The number of halogens is 2. The van der Waals surface area contributed by atoms with E-state index >= 15 is 0 Å². The van der Waals surface area contributed by atoms with Crippen LogP contribution < -0.4 is 20.2 Å². The minimum Gasteiger partial charge on any atom is -0.497 e. The zero-order valence-corrected chi connectivity index (χ0v) is 19.0. The number of carbonyl (C=O) groups is 2. The van der Waals surface area contributed by atoms with Crippen LogP contribution in [-0.2, 0) is 4.79 Å². The summed E-state index contributed by atoms with van der Waals surface area (Å²) in [6.07, 6.45) is 2.24. The van der Waals surface area contributed by atoms with Gasteiger partial charge in [-0.2, -0.15) is 0 Å². The molecule has 9 heteroatoms. The summed E-state index contributed by atoms with van der Waals surface area (Å²) in [5.41, 5.74) is -0.526. The summed E-state index contributed by atoms with van der Waals surface area (Å²) in [6, 6.07) is 10.1. The van der Waals surface area contributed by atoms with Gasteiger partial charge in [-0.25, -0.2) is 4.39 Å². The fourth-order valence-electron chi connectivity index (χ4n) is 5.19. The molecule has 0 saturated heterocycles. The second-order valence-corrected chi connectivity index (χ2v) is 9.57. The van der Waals surface area contributed by atoms with Crippen molar-refractivity contribution in [3.63, 3.8) is 0 Å². The molecule has 0 aliphatic heterocycles. The third kappa shape index (κ3) is 4.03. The van der Waals surface area contributed by atoms with E-state index in [-0.39, 0.29) is 57.6 Å². The number of rotatable bonds is 8. The molecule has 3 fully saturated rings. The van der Waals surface area contributed by atoms with E-state index in [4.69, 9.17) is 25.5 Å². The van der Waals surface area contributed by atoms with Crippen LogP contribution in [-0.4, -0.2) is 30.9 Å². The van der Waals surface area contributed by atoms with Crippen molar-refractivity contribution in [1.82, 2.24) is 5.32 Å². The number of methoxy groups -OCH3 is 1. The summed E-state index contributed by atoms with van der Waals surface area (Å²) in [5.74, 6) is -0.406. The maximum Gasteiger partial charge on any atom is 0.258 e. The second kappa shape index (κ2) is 8.13. The molecule has 1 aromatic heterocycles. The minimum absolute atomic E-state index is 0.0202. The fraction of sp³-hybridized carbons (Fsp3) is 0.320. The van der Waals surface area contributed by atoms with Gasteiger partial charge in [0.05, 0.1) is 17.5 Å². The largest absolute Gasteiger partial charge is 0.497 e. The number of hydrogen-bond donors (Lipinski definition) is 1. The van der Waals surface area contributed by atoms with Crippen LogP contribution in [0.1, 0.15) is 36.2 Å². The second-order valence-electron chi connectivity index (χ2n) is 9.16. The molecule has 3 aromatic rings. The van der Waals surface area contributed by atoms with Crippen LogP contribution >= 0.6 is 11.6 Å². The highest BCUT2D eigenvalue weighted by Gasteiger charge is 2.68. The van der Waals surface area contributed by atoms with Crippen molar-refractivity contribution in [3.8, 4) is 11.5 Å². The molecule has 2 bridgehead atoms. The van der Waals surface area contributed by atoms with Gasteiger partial charge in [0.1, 0.15) is 22.9 Å². The number of ether oxygens (including phenoxy) is 2. The van der Waals surface area contributed by atoms with E-state index in [1.807, 2.05) is 0 Å². The molecule has 7 nitrogen and oxygen atoms in total. The fourth-order valence-corrected chi connectivity index (χ4v) is 5.31. The van der Waals surface area contributed by atoms with E-state index in [1.165, 1.54) is 25.3 Å². The van der Waals surface area contributed by atoms with Crippen LogP contribution in [0.15, 0.2) is 51.7 Å². The van der Waals surface area contributed by atoms with Gasteiger partial charge >= 0.3 is 0 Å². The van der Waals surface area contributed by atoms with E-state index in [9.17, 15) is 18.8 Å². The first-order valence-electron chi connectivity index (χ1n) is 10.7. The highest BCUT2D eigenvalue weighted by molar-refractivity contribution is 6.30. The first kappa shape index (κ1) is 22.4. The first-order valence-corrected chi connectivity index (χ1v) is 11.1. The summed E-state index contributed by atoms with van der Waals surface area (Å²) in [7, 11) is 1.51. The molecule has 6 rings (SSSR count). The van der Waals surface area contributed by atoms with Gasteiger partial charge in [0, 0.05) is 30.2 Å². The highest BCUT2D eigenvalue weighted by Crippen LogP contribution is 2.69. The molecule has 176 valence electrons. The smallest absolute Gasteiger partial charge is 0.258 e. The van der Waals surface area contributed by atoms with Crippen LogP contribution in [0.3, 0.4) is 0 Å². The van der Waals surface area contributed by atoms with Crippen LogP contribution in [0.5, 0.6) is 11.5 Å². The van der Waals surface area contributed by atoms with Gasteiger partial charge in [0.2, 0.25) is 0 Å². The van der Waals surface area contributed by atoms with Crippen molar-refractivity contribution in [2.45, 2.75) is 31.2 Å². The Hall–Kier alpha value is -3.39. The zero-order chi connectivity index (χ0) is 24.1. The van der Waals surface area contributed by atoms with E-state index < -0.39 is 5.82 Å². The lowest BCUT2D eigenvalue weighted by Crippen LogP contribution is -2.75. The summed E-state index contributed by atoms with van der Waals surface area (Å²) >= 11 is 5.64. The Morgan fingerprint density at radius 1 is 1.12 bits per heavy atom. The van der Waals surface area contributed by atoms with Gasteiger partial charge in [0.15, 0.2) is 23.6 Å². The number of nitrogens with one attached hydrogen (secondary N) is 1. The first-order chi connectivity index (χ1) is 16.2. The minimum atomic E-state index is -0.619. The number of ketones is 1. The Labute approximate surface area is 198 Å². The van der Waals surface area contributed by atoms with Gasteiger partial charge in [-0.3, -0.25) is 14.4 Å². The molecular weight excluding hydrogens is 465 g/mol. The molecule has 34 heavy (non-hydrogen) atoms. The quantitative estimate of drug-likeness (QED) is 0.478. The molecule has 1 N–H and O–H groups in total. The van der Waals surface area contributed by atoms with Crippen molar-refractivity contribution in [2.75, 3.05) is 13.7 Å². The summed E-state index contributed by atoms with van der Waals surface area (Å²) < 4.78 is 29.7. The summed E-state index contributed by atoms with van der Waals surface area (Å²) in [5, 5.41) is 3.32. The predicted octanol–water partition coefficient (Wildman–Crippen LogP) is 4.28. The Balaban J connectivity index is 1.16. The van der Waals surface area contributed by atoms with Crippen LogP contribution in [0.4, 0.5) is 4.39 Å². The topological polar surface area (TPSA) is 94.8 Å². The molecule has 0 spiro atoms. The molecule has 2 aromatic carbocycles. The van der Waals surface area contributed by atoms with Gasteiger partial charge in [-0.1, -0.05) is 11.6 Å². The Kier molecular flexibility index (Phi) is 5.36. The maximum absolute atomic E-state index is 13.5. The molecule has 3 saturated carbocycles. The van der Waals surface area contributed by atoms with Crippen LogP contribution in [0.25, 0.3) is 11.0 Å². The van der Waals surface area contributed by atoms with Crippen molar-refractivity contribution in [2.24, 2.45) is 5.41 Å². The lowest BCUT2D eigenvalue weighted by atomic mass is 9.38. The number of benzene rings is 2.